The Morgan fingerprint density at radius 1 is 1.10 bits per heavy atom. The molecule has 1 aliphatic carbocycles. The summed E-state index contributed by atoms with van der Waals surface area (Å²) in [5.41, 5.74) is 1.89. The van der Waals surface area contributed by atoms with Gasteiger partial charge in [0.25, 0.3) is 11.8 Å². The zero-order chi connectivity index (χ0) is 21.0. The molecule has 0 saturated heterocycles. The molecule has 0 radical (unpaired) electrons. The molecule has 3 amide bonds. The van der Waals surface area contributed by atoms with Gasteiger partial charge < -0.3 is 4.90 Å². The van der Waals surface area contributed by atoms with Crippen LogP contribution in [0.15, 0.2) is 53.9 Å². The molecule has 0 spiro atoms. The van der Waals surface area contributed by atoms with Crippen LogP contribution >= 0.6 is 11.3 Å². The normalized spacial score (nSPS) is 21.1. The minimum absolute atomic E-state index is 0.0566. The van der Waals surface area contributed by atoms with Gasteiger partial charge in [0, 0.05) is 11.7 Å². The Morgan fingerprint density at radius 3 is 2.33 bits per heavy atom. The molecule has 5 rings (SSSR count). The molecule has 3 aromatic rings. The number of hydrogen-bond donors (Lipinski definition) is 0. The van der Waals surface area contributed by atoms with Crippen molar-refractivity contribution in [3.63, 3.8) is 0 Å². The number of amides is 3. The zero-order valence-electron chi connectivity index (χ0n) is 16.9. The first kappa shape index (κ1) is 19.0. The lowest BCUT2D eigenvalue weighted by molar-refractivity contribution is -0.132. The molecular formula is C24H22N2O3S. The van der Waals surface area contributed by atoms with Gasteiger partial charge in [-0.1, -0.05) is 37.3 Å². The Balaban J connectivity index is 1.42. The van der Waals surface area contributed by atoms with E-state index in [0.717, 1.165) is 16.9 Å². The van der Waals surface area contributed by atoms with Crippen LogP contribution in [0.3, 0.4) is 0 Å². The van der Waals surface area contributed by atoms with E-state index in [-0.39, 0.29) is 18.5 Å². The number of nitrogens with zero attached hydrogens (tertiary/aromatic N) is 2. The number of imide groups is 1. The summed E-state index contributed by atoms with van der Waals surface area (Å²) in [6.45, 7) is 1.97. The van der Waals surface area contributed by atoms with Gasteiger partial charge in [0.05, 0.1) is 17.2 Å². The number of fused-ring (bicyclic) bond motifs is 2. The van der Waals surface area contributed by atoms with E-state index in [1.165, 1.54) is 10.1 Å². The van der Waals surface area contributed by atoms with E-state index >= 15 is 0 Å². The molecule has 3 atom stereocenters. The highest BCUT2D eigenvalue weighted by Gasteiger charge is 2.45. The number of benzene rings is 2. The highest BCUT2D eigenvalue weighted by atomic mass is 32.1. The lowest BCUT2D eigenvalue weighted by atomic mass is 9.99. The Morgan fingerprint density at radius 2 is 1.70 bits per heavy atom. The first-order chi connectivity index (χ1) is 14.5. The summed E-state index contributed by atoms with van der Waals surface area (Å²) >= 11 is 1.69. The average Bonchev–Trinajstić information content (AvgIpc) is 3.24. The highest BCUT2D eigenvalue weighted by Crippen LogP contribution is 2.51. The lowest BCUT2D eigenvalue weighted by Gasteiger charge is -2.30. The summed E-state index contributed by atoms with van der Waals surface area (Å²) < 4.78 is 1.20. The number of thiophene rings is 1. The van der Waals surface area contributed by atoms with Crippen LogP contribution in [-0.4, -0.2) is 41.1 Å². The number of rotatable bonds is 5. The lowest BCUT2D eigenvalue weighted by Crippen LogP contribution is -2.43. The summed E-state index contributed by atoms with van der Waals surface area (Å²) in [6.07, 6.45) is 1.07. The van der Waals surface area contributed by atoms with Crippen LogP contribution in [0.5, 0.6) is 0 Å². The third-order valence-electron chi connectivity index (χ3n) is 6.39. The molecule has 1 aromatic heterocycles. The summed E-state index contributed by atoms with van der Waals surface area (Å²) in [5, 5.41) is 3.32. The quantitative estimate of drug-likeness (QED) is 0.579. The van der Waals surface area contributed by atoms with Gasteiger partial charge in [-0.2, -0.15) is 0 Å². The minimum Gasteiger partial charge on any atom is -0.337 e. The van der Waals surface area contributed by atoms with E-state index in [4.69, 9.17) is 0 Å². The Bertz CT molecular complexity index is 1150. The van der Waals surface area contributed by atoms with Crippen LogP contribution < -0.4 is 0 Å². The molecule has 0 N–H and O–H groups in total. The summed E-state index contributed by atoms with van der Waals surface area (Å²) in [5.74, 6) is -0.0735. The van der Waals surface area contributed by atoms with Crippen LogP contribution in [0.2, 0.25) is 0 Å². The largest absolute Gasteiger partial charge is 0.337 e. The SMILES string of the molecule is C[C@@H]1C[C@H]1[C@H](c1csc2ccccc12)N(C)C(=O)CN1C(=O)c2ccccc2C1=O. The highest BCUT2D eigenvalue weighted by molar-refractivity contribution is 7.17. The van der Waals surface area contributed by atoms with Crippen molar-refractivity contribution in [3.8, 4) is 0 Å². The predicted octanol–water partition coefficient (Wildman–Crippen LogP) is 4.35. The van der Waals surface area contributed by atoms with Crippen molar-refractivity contribution in [2.24, 2.45) is 11.8 Å². The van der Waals surface area contributed by atoms with Crippen LogP contribution in [0.1, 0.15) is 45.7 Å². The standard InChI is InChI=1S/C24H22N2O3S/c1-14-11-18(14)22(19-13-30-20-10-6-5-7-15(19)20)25(2)21(27)12-26-23(28)16-8-3-4-9-17(16)24(26)29/h3-10,13-14,18,22H,11-12H2,1-2H3/t14-,18-,22-/m1/s1. The van der Waals surface area contributed by atoms with Crippen molar-refractivity contribution in [2.45, 2.75) is 19.4 Å². The van der Waals surface area contributed by atoms with Gasteiger partial charge in [-0.25, -0.2) is 0 Å². The maximum Gasteiger partial charge on any atom is 0.262 e. The third-order valence-corrected chi connectivity index (χ3v) is 7.37. The van der Waals surface area contributed by atoms with Gasteiger partial charge in [0.1, 0.15) is 6.54 Å². The average molecular weight is 419 g/mol. The van der Waals surface area contributed by atoms with Crippen LogP contribution in [0, 0.1) is 11.8 Å². The molecule has 5 nitrogen and oxygen atoms in total. The first-order valence-corrected chi connectivity index (χ1v) is 11.0. The number of hydrogen-bond acceptors (Lipinski definition) is 4. The molecular weight excluding hydrogens is 396 g/mol. The summed E-state index contributed by atoms with van der Waals surface area (Å²) in [7, 11) is 1.79. The molecule has 152 valence electrons. The summed E-state index contributed by atoms with van der Waals surface area (Å²) in [6, 6.07) is 14.9. The third kappa shape index (κ3) is 2.94. The topological polar surface area (TPSA) is 57.7 Å². The molecule has 1 saturated carbocycles. The van der Waals surface area contributed by atoms with E-state index in [2.05, 4.69) is 24.4 Å². The van der Waals surface area contributed by atoms with Gasteiger partial charge in [0.15, 0.2) is 0 Å². The van der Waals surface area contributed by atoms with Crippen LogP contribution in [0.25, 0.3) is 10.1 Å². The number of carbonyl (C=O) groups is 3. The van der Waals surface area contributed by atoms with Crippen molar-refractivity contribution >= 4 is 39.1 Å². The van der Waals surface area contributed by atoms with Crippen LogP contribution in [-0.2, 0) is 4.79 Å². The van der Waals surface area contributed by atoms with E-state index < -0.39 is 11.8 Å². The van der Waals surface area contributed by atoms with Crippen molar-refractivity contribution < 1.29 is 14.4 Å². The molecule has 6 heteroatoms. The second-order valence-corrected chi connectivity index (χ2v) is 9.17. The van der Waals surface area contributed by atoms with Gasteiger partial charge in [-0.05, 0) is 52.8 Å². The monoisotopic (exact) mass is 418 g/mol. The second-order valence-electron chi connectivity index (χ2n) is 8.26. The molecule has 1 fully saturated rings. The first-order valence-electron chi connectivity index (χ1n) is 10.1. The van der Waals surface area contributed by atoms with Gasteiger partial charge >= 0.3 is 0 Å². The van der Waals surface area contributed by atoms with Gasteiger partial charge in [-0.15, -0.1) is 11.3 Å². The van der Waals surface area contributed by atoms with E-state index in [1.54, 1.807) is 47.5 Å². The Hall–Kier alpha value is -2.99. The molecule has 2 aliphatic rings. The molecule has 1 aliphatic heterocycles. The number of likely N-dealkylation sites (N-methyl/N-ethyl adjacent to an activating group) is 1. The zero-order valence-corrected chi connectivity index (χ0v) is 17.7. The molecule has 2 heterocycles. The predicted molar refractivity (Wildman–Crippen MR) is 116 cm³/mol. The fourth-order valence-corrected chi connectivity index (χ4v) is 5.52. The van der Waals surface area contributed by atoms with Gasteiger partial charge in [0.2, 0.25) is 5.91 Å². The van der Waals surface area contributed by atoms with Crippen molar-refractivity contribution in [1.29, 1.82) is 0 Å². The molecule has 2 aromatic carbocycles. The van der Waals surface area contributed by atoms with E-state index in [0.29, 0.717) is 23.0 Å². The fraction of sp³-hybridized carbons (Fsp3) is 0.292. The van der Waals surface area contributed by atoms with Crippen molar-refractivity contribution in [1.82, 2.24) is 9.80 Å². The molecule has 0 unspecified atom stereocenters. The Kier molecular flexibility index (Phi) is 4.47. The maximum atomic E-state index is 13.2. The van der Waals surface area contributed by atoms with Crippen molar-refractivity contribution in [2.75, 3.05) is 13.6 Å². The smallest absolute Gasteiger partial charge is 0.262 e. The maximum absolute atomic E-state index is 13.2. The minimum atomic E-state index is -0.394. The van der Waals surface area contributed by atoms with E-state index in [1.807, 2.05) is 12.1 Å². The van der Waals surface area contributed by atoms with E-state index in [9.17, 15) is 14.4 Å². The van der Waals surface area contributed by atoms with Crippen molar-refractivity contribution in [3.05, 3.63) is 70.6 Å². The molecule has 0 bridgehead atoms. The number of carbonyl (C=O) groups excluding carboxylic acids is 3. The summed E-state index contributed by atoms with van der Waals surface area (Å²) in [4.78, 5) is 41.4. The van der Waals surface area contributed by atoms with Gasteiger partial charge in [-0.3, -0.25) is 19.3 Å². The fourth-order valence-electron chi connectivity index (χ4n) is 4.53. The van der Waals surface area contributed by atoms with Crippen LogP contribution in [0.4, 0.5) is 0 Å². The second kappa shape index (κ2) is 7.06. The Labute approximate surface area is 178 Å². The molecule has 30 heavy (non-hydrogen) atoms.